The number of carbonyl (C=O) groups is 1. The first kappa shape index (κ1) is 12.8. The van der Waals surface area contributed by atoms with Crippen molar-refractivity contribution < 1.29 is 13.9 Å². The fraction of sp³-hybridized carbons (Fsp3) is 0.462. The van der Waals surface area contributed by atoms with Gasteiger partial charge in [0, 0.05) is 6.54 Å². The van der Waals surface area contributed by atoms with Crippen LogP contribution in [-0.2, 0) is 0 Å². The second-order valence-corrected chi connectivity index (χ2v) is 4.76. The molecule has 1 atom stereocenters. The minimum absolute atomic E-state index is 0.0341. The van der Waals surface area contributed by atoms with E-state index < -0.39 is 11.7 Å². The molecular formula is C13H17FN2O2. The molecule has 0 aromatic heterocycles. The van der Waals surface area contributed by atoms with E-state index in [1.165, 1.54) is 19.2 Å². The molecule has 98 valence electrons. The Morgan fingerprint density at radius 1 is 1.56 bits per heavy atom. The van der Waals surface area contributed by atoms with E-state index in [-0.39, 0.29) is 16.9 Å². The smallest absolute Gasteiger partial charge is 0.258 e. The van der Waals surface area contributed by atoms with Crippen LogP contribution in [0.2, 0.25) is 0 Å². The molecule has 1 amide bonds. The van der Waals surface area contributed by atoms with Crippen LogP contribution in [0.1, 0.15) is 23.7 Å². The van der Waals surface area contributed by atoms with Crippen LogP contribution in [0, 0.1) is 5.82 Å². The first-order valence-corrected chi connectivity index (χ1v) is 5.91. The van der Waals surface area contributed by atoms with E-state index in [0.29, 0.717) is 6.54 Å². The predicted octanol–water partition coefficient (Wildman–Crippen LogP) is 1.32. The van der Waals surface area contributed by atoms with Gasteiger partial charge in [-0.2, -0.15) is 0 Å². The van der Waals surface area contributed by atoms with Gasteiger partial charge in [0.1, 0.15) is 17.1 Å². The van der Waals surface area contributed by atoms with Crippen molar-refractivity contribution in [3.05, 3.63) is 29.6 Å². The molecule has 1 saturated heterocycles. The van der Waals surface area contributed by atoms with Gasteiger partial charge in [-0.1, -0.05) is 6.07 Å². The summed E-state index contributed by atoms with van der Waals surface area (Å²) in [7, 11) is 1.42. The third-order valence-electron chi connectivity index (χ3n) is 3.21. The number of benzene rings is 1. The molecule has 0 bridgehead atoms. The van der Waals surface area contributed by atoms with E-state index in [1.807, 2.05) is 6.92 Å². The fourth-order valence-corrected chi connectivity index (χ4v) is 2.16. The Morgan fingerprint density at radius 3 is 2.94 bits per heavy atom. The monoisotopic (exact) mass is 252 g/mol. The minimum Gasteiger partial charge on any atom is -0.496 e. The van der Waals surface area contributed by atoms with Gasteiger partial charge in [-0.25, -0.2) is 4.39 Å². The summed E-state index contributed by atoms with van der Waals surface area (Å²) in [5, 5.41) is 6.04. The van der Waals surface area contributed by atoms with Gasteiger partial charge in [0.05, 0.1) is 12.6 Å². The molecule has 5 heteroatoms. The molecule has 1 aliphatic heterocycles. The molecule has 0 spiro atoms. The van der Waals surface area contributed by atoms with Gasteiger partial charge in [-0.05, 0) is 32.0 Å². The quantitative estimate of drug-likeness (QED) is 0.853. The average Bonchev–Trinajstić information content (AvgIpc) is 2.75. The lowest BCUT2D eigenvalue weighted by atomic mass is 10.0. The largest absolute Gasteiger partial charge is 0.496 e. The molecule has 1 heterocycles. The number of amides is 1. The molecule has 4 nitrogen and oxygen atoms in total. The Labute approximate surface area is 106 Å². The summed E-state index contributed by atoms with van der Waals surface area (Å²) in [6, 6.07) is 4.35. The van der Waals surface area contributed by atoms with Crippen LogP contribution in [0.3, 0.4) is 0 Å². The van der Waals surface area contributed by atoms with Crippen LogP contribution in [0.4, 0.5) is 4.39 Å². The zero-order valence-corrected chi connectivity index (χ0v) is 10.5. The number of carbonyl (C=O) groups excluding carboxylic acids is 1. The first-order valence-electron chi connectivity index (χ1n) is 5.91. The van der Waals surface area contributed by atoms with E-state index in [2.05, 4.69) is 10.6 Å². The number of ether oxygens (including phenoxy) is 1. The highest BCUT2D eigenvalue weighted by Crippen LogP contribution is 2.23. The van der Waals surface area contributed by atoms with Crippen LogP contribution in [0.25, 0.3) is 0 Å². The highest BCUT2D eigenvalue weighted by Gasteiger charge is 2.31. The highest BCUT2D eigenvalue weighted by atomic mass is 19.1. The van der Waals surface area contributed by atoms with E-state index in [1.54, 1.807) is 6.07 Å². The molecule has 0 aliphatic carbocycles. The summed E-state index contributed by atoms with van der Waals surface area (Å²) in [5.41, 5.74) is -0.363. The third-order valence-corrected chi connectivity index (χ3v) is 3.21. The Kier molecular flexibility index (Phi) is 3.52. The van der Waals surface area contributed by atoms with Gasteiger partial charge in [-0.15, -0.1) is 0 Å². The van der Waals surface area contributed by atoms with Crippen molar-refractivity contribution in [1.29, 1.82) is 0 Å². The predicted molar refractivity (Wildman–Crippen MR) is 66.3 cm³/mol. The standard InChI is InChI=1S/C13H17FN2O2/c1-13(6-7-15-8-13)16-12(17)11-9(14)4-3-5-10(11)18-2/h3-5,15H,6-8H2,1-2H3,(H,16,17). The van der Waals surface area contributed by atoms with Crippen molar-refractivity contribution >= 4 is 5.91 Å². The third kappa shape index (κ3) is 2.46. The topological polar surface area (TPSA) is 50.4 Å². The number of rotatable bonds is 3. The second-order valence-electron chi connectivity index (χ2n) is 4.76. The maximum atomic E-state index is 13.7. The van der Waals surface area contributed by atoms with E-state index in [9.17, 15) is 9.18 Å². The van der Waals surface area contributed by atoms with Crippen molar-refractivity contribution in [2.24, 2.45) is 0 Å². The minimum atomic E-state index is -0.568. The van der Waals surface area contributed by atoms with Gasteiger partial charge >= 0.3 is 0 Å². The van der Waals surface area contributed by atoms with E-state index >= 15 is 0 Å². The van der Waals surface area contributed by atoms with Crippen LogP contribution in [-0.4, -0.2) is 31.6 Å². The summed E-state index contributed by atoms with van der Waals surface area (Å²) >= 11 is 0. The van der Waals surface area contributed by atoms with Gasteiger partial charge in [0.2, 0.25) is 0 Å². The van der Waals surface area contributed by atoms with Crippen LogP contribution < -0.4 is 15.4 Å². The molecule has 1 aromatic carbocycles. The molecule has 1 unspecified atom stereocenters. The van der Waals surface area contributed by atoms with Crippen molar-refractivity contribution in [3.63, 3.8) is 0 Å². The molecular weight excluding hydrogens is 235 g/mol. The molecule has 18 heavy (non-hydrogen) atoms. The lowest BCUT2D eigenvalue weighted by Gasteiger charge is -2.25. The lowest BCUT2D eigenvalue weighted by molar-refractivity contribution is 0.0905. The zero-order valence-electron chi connectivity index (χ0n) is 10.5. The molecule has 1 aromatic rings. The maximum Gasteiger partial charge on any atom is 0.258 e. The summed E-state index contributed by atoms with van der Waals surface area (Å²) in [6.07, 6.45) is 0.829. The lowest BCUT2D eigenvalue weighted by Crippen LogP contribution is -2.47. The second kappa shape index (κ2) is 4.94. The van der Waals surface area contributed by atoms with Gasteiger partial charge in [0.15, 0.2) is 0 Å². The zero-order chi connectivity index (χ0) is 13.2. The Balaban J connectivity index is 2.23. The van der Waals surface area contributed by atoms with Gasteiger partial charge in [0.25, 0.3) is 5.91 Å². The number of methoxy groups -OCH3 is 1. The van der Waals surface area contributed by atoms with Crippen molar-refractivity contribution in [1.82, 2.24) is 10.6 Å². The number of hydrogen-bond acceptors (Lipinski definition) is 3. The van der Waals surface area contributed by atoms with Crippen LogP contribution >= 0.6 is 0 Å². The number of hydrogen-bond donors (Lipinski definition) is 2. The van der Waals surface area contributed by atoms with Crippen molar-refractivity contribution in [3.8, 4) is 5.75 Å². The maximum absolute atomic E-state index is 13.7. The van der Waals surface area contributed by atoms with Gasteiger partial charge in [-0.3, -0.25) is 4.79 Å². The number of nitrogens with one attached hydrogen (secondary N) is 2. The Morgan fingerprint density at radius 2 is 2.33 bits per heavy atom. The van der Waals surface area contributed by atoms with Crippen molar-refractivity contribution in [2.45, 2.75) is 18.9 Å². The molecule has 0 saturated carbocycles. The number of halogens is 1. The molecule has 1 fully saturated rings. The average molecular weight is 252 g/mol. The normalized spacial score (nSPS) is 22.8. The molecule has 1 aliphatic rings. The summed E-state index contributed by atoms with van der Waals surface area (Å²) in [4.78, 5) is 12.1. The first-order chi connectivity index (χ1) is 8.56. The Bertz CT molecular complexity index is 456. The molecule has 2 N–H and O–H groups in total. The highest BCUT2D eigenvalue weighted by molar-refractivity contribution is 5.97. The van der Waals surface area contributed by atoms with E-state index in [4.69, 9.17) is 4.74 Å². The summed E-state index contributed by atoms with van der Waals surface area (Å²) in [6.45, 7) is 3.49. The summed E-state index contributed by atoms with van der Waals surface area (Å²) in [5.74, 6) is -0.750. The SMILES string of the molecule is COc1cccc(F)c1C(=O)NC1(C)CCNC1. The van der Waals surface area contributed by atoms with Crippen LogP contribution in [0.15, 0.2) is 18.2 Å². The Hall–Kier alpha value is -1.62. The van der Waals surface area contributed by atoms with Crippen molar-refractivity contribution in [2.75, 3.05) is 20.2 Å². The molecule has 0 radical (unpaired) electrons. The van der Waals surface area contributed by atoms with E-state index in [0.717, 1.165) is 13.0 Å². The summed E-state index contributed by atoms with van der Waals surface area (Å²) < 4.78 is 18.8. The fourth-order valence-electron chi connectivity index (χ4n) is 2.16. The molecule has 2 rings (SSSR count). The van der Waals surface area contributed by atoms with Gasteiger partial charge < -0.3 is 15.4 Å². The van der Waals surface area contributed by atoms with Crippen LogP contribution in [0.5, 0.6) is 5.75 Å².